The minimum atomic E-state index is -0.409. The smallest absolute Gasteiger partial charge is 0.310 e. The summed E-state index contributed by atoms with van der Waals surface area (Å²) in [7, 11) is 0. The lowest BCUT2D eigenvalue weighted by atomic mass is 10.0. The molecule has 0 atom stereocenters. The zero-order valence-corrected chi connectivity index (χ0v) is 15.3. The second kappa shape index (κ2) is 7.82. The third-order valence-corrected chi connectivity index (χ3v) is 5.19. The molecule has 0 saturated carbocycles. The number of ether oxygens (including phenoxy) is 1. The molecule has 0 aliphatic carbocycles. The average Bonchev–Trinajstić information content (AvgIpc) is 2.91. The highest BCUT2D eigenvalue weighted by molar-refractivity contribution is 6.08. The number of fused-ring (bicyclic) bond motifs is 3. The lowest BCUT2D eigenvalue weighted by Crippen LogP contribution is -2.35. The molecular weight excluding hydrogens is 342 g/mol. The number of benzene rings is 2. The predicted octanol–water partition coefficient (Wildman–Crippen LogP) is 4.07. The minimum Gasteiger partial charge on any atom is -0.464 e. The Hall–Kier alpha value is -2.82. The second-order valence-electron chi connectivity index (χ2n) is 7.05. The fourth-order valence-electron chi connectivity index (χ4n) is 3.76. The van der Waals surface area contributed by atoms with Crippen LogP contribution in [0.15, 0.2) is 47.1 Å². The average molecular weight is 365 g/mol. The Morgan fingerprint density at radius 1 is 1.00 bits per heavy atom. The van der Waals surface area contributed by atoms with Crippen LogP contribution in [0.2, 0.25) is 0 Å². The van der Waals surface area contributed by atoms with E-state index in [2.05, 4.69) is 0 Å². The van der Waals surface area contributed by atoms with Gasteiger partial charge < -0.3 is 14.1 Å². The monoisotopic (exact) mass is 365 g/mol. The maximum absolute atomic E-state index is 12.3. The van der Waals surface area contributed by atoms with E-state index in [1.165, 1.54) is 0 Å². The molecule has 4 rings (SSSR count). The van der Waals surface area contributed by atoms with E-state index in [1.807, 2.05) is 36.4 Å². The van der Waals surface area contributed by atoms with Gasteiger partial charge in [0.1, 0.15) is 5.58 Å². The first-order valence-electron chi connectivity index (χ1n) is 9.53. The quantitative estimate of drug-likeness (QED) is 0.654. The van der Waals surface area contributed by atoms with Gasteiger partial charge in [0.05, 0.1) is 12.7 Å². The van der Waals surface area contributed by atoms with E-state index in [0.717, 1.165) is 66.1 Å². The van der Waals surface area contributed by atoms with E-state index in [0.29, 0.717) is 0 Å². The van der Waals surface area contributed by atoms with Crippen LogP contribution in [-0.2, 0) is 20.7 Å². The molecule has 140 valence electrons. The number of hydrogen-bond acceptors (Lipinski definition) is 4. The van der Waals surface area contributed by atoms with Gasteiger partial charge in [-0.2, -0.15) is 0 Å². The van der Waals surface area contributed by atoms with Gasteiger partial charge in [0, 0.05) is 24.0 Å². The number of furan rings is 1. The van der Waals surface area contributed by atoms with Crippen molar-refractivity contribution in [2.45, 2.75) is 32.1 Å². The zero-order chi connectivity index (χ0) is 18.6. The Bertz CT molecular complexity index is 967. The van der Waals surface area contributed by atoms with Crippen molar-refractivity contribution >= 4 is 33.6 Å². The number of likely N-dealkylation sites (tertiary alicyclic amines) is 1. The van der Waals surface area contributed by atoms with Crippen molar-refractivity contribution in [3.8, 4) is 0 Å². The first-order valence-corrected chi connectivity index (χ1v) is 9.53. The first kappa shape index (κ1) is 17.6. The standard InChI is InChI=1S/C22H23NO4/c24-20(23-11-5-1-2-6-12-23)15-27-21(25)13-17-14-26-19-10-9-16-7-3-4-8-18(16)22(17)19/h3-4,7-10,14H,1-2,5-6,11-13,15H2. The van der Waals surface area contributed by atoms with Crippen LogP contribution >= 0.6 is 0 Å². The molecule has 1 aliphatic rings. The fourth-order valence-corrected chi connectivity index (χ4v) is 3.76. The summed E-state index contributed by atoms with van der Waals surface area (Å²) in [5, 5.41) is 3.08. The van der Waals surface area contributed by atoms with Gasteiger partial charge in [0.15, 0.2) is 6.61 Å². The van der Waals surface area contributed by atoms with E-state index in [9.17, 15) is 9.59 Å². The normalized spacial score (nSPS) is 15.0. The molecule has 0 radical (unpaired) electrons. The summed E-state index contributed by atoms with van der Waals surface area (Å²) in [6, 6.07) is 11.9. The van der Waals surface area contributed by atoms with Crippen molar-refractivity contribution in [2.75, 3.05) is 19.7 Å². The number of nitrogens with zero attached hydrogens (tertiary/aromatic N) is 1. The molecule has 0 N–H and O–H groups in total. The van der Waals surface area contributed by atoms with Crippen molar-refractivity contribution in [3.05, 3.63) is 48.2 Å². The highest BCUT2D eigenvalue weighted by atomic mass is 16.5. The zero-order valence-electron chi connectivity index (χ0n) is 15.3. The summed E-state index contributed by atoms with van der Waals surface area (Å²) < 4.78 is 10.9. The van der Waals surface area contributed by atoms with E-state index in [4.69, 9.17) is 9.15 Å². The van der Waals surface area contributed by atoms with E-state index < -0.39 is 5.97 Å². The van der Waals surface area contributed by atoms with Crippen LogP contribution in [0.3, 0.4) is 0 Å². The largest absolute Gasteiger partial charge is 0.464 e. The summed E-state index contributed by atoms with van der Waals surface area (Å²) in [4.78, 5) is 26.4. The third kappa shape index (κ3) is 3.82. The van der Waals surface area contributed by atoms with Gasteiger partial charge in [-0.3, -0.25) is 9.59 Å². The van der Waals surface area contributed by atoms with Gasteiger partial charge in [-0.25, -0.2) is 0 Å². The van der Waals surface area contributed by atoms with Crippen LogP contribution in [-0.4, -0.2) is 36.5 Å². The molecule has 1 saturated heterocycles. The number of amides is 1. The minimum absolute atomic E-state index is 0.0916. The Morgan fingerprint density at radius 3 is 2.59 bits per heavy atom. The number of esters is 1. The van der Waals surface area contributed by atoms with Gasteiger partial charge in [-0.05, 0) is 29.7 Å². The van der Waals surface area contributed by atoms with Crippen LogP contribution in [0.1, 0.15) is 31.2 Å². The van der Waals surface area contributed by atoms with E-state index in [-0.39, 0.29) is 18.9 Å². The Morgan fingerprint density at radius 2 is 1.78 bits per heavy atom. The molecule has 3 aromatic rings. The molecule has 1 aliphatic heterocycles. The number of carbonyl (C=O) groups is 2. The summed E-state index contributed by atoms with van der Waals surface area (Å²) >= 11 is 0. The first-order chi connectivity index (χ1) is 13.2. The lowest BCUT2D eigenvalue weighted by Gasteiger charge is -2.19. The molecule has 0 unspecified atom stereocenters. The number of rotatable bonds is 4. The van der Waals surface area contributed by atoms with Gasteiger partial charge in [-0.1, -0.05) is 43.2 Å². The summed E-state index contributed by atoms with van der Waals surface area (Å²) in [6.07, 6.45) is 6.06. The molecule has 1 amide bonds. The molecule has 27 heavy (non-hydrogen) atoms. The highest BCUT2D eigenvalue weighted by Gasteiger charge is 2.18. The topological polar surface area (TPSA) is 59.8 Å². The van der Waals surface area contributed by atoms with Crippen LogP contribution in [0.5, 0.6) is 0 Å². The molecule has 1 aromatic heterocycles. The van der Waals surface area contributed by atoms with Crippen molar-refractivity contribution in [1.82, 2.24) is 4.90 Å². The van der Waals surface area contributed by atoms with Gasteiger partial charge in [-0.15, -0.1) is 0 Å². The van der Waals surface area contributed by atoms with Crippen molar-refractivity contribution in [1.29, 1.82) is 0 Å². The van der Waals surface area contributed by atoms with Crippen LogP contribution in [0.4, 0.5) is 0 Å². The van der Waals surface area contributed by atoms with Crippen LogP contribution < -0.4 is 0 Å². The molecule has 0 bridgehead atoms. The molecule has 1 fully saturated rings. The lowest BCUT2D eigenvalue weighted by molar-refractivity contribution is -0.151. The highest BCUT2D eigenvalue weighted by Crippen LogP contribution is 2.30. The molecular formula is C22H23NO4. The fraction of sp³-hybridized carbons (Fsp3) is 0.364. The number of hydrogen-bond donors (Lipinski definition) is 0. The van der Waals surface area contributed by atoms with E-state index >= 15 is 0 Å². The summed E-state index contributed by atoms with van der Waals surface area (Å²) in [6.45, 7) is 1.33. The van der Waals surface area contributed by atoms with Gasteiger partial charge >= 0.3 is 5.97 Å². The molecule has 0 spiro atoms. The predicted molar refractivity (Wildman–Crippen MR) is 103 cm³/mol. The SMILES string of the molecule is O=C(Cc1coc2ccc3ccccc3c12)OCC(=O)N1CCCCCC1. The van der Waals surface area contributed by atoms with E-state index in [1.54, 1.807) is 11.2 Å². The Labute approximate surface area is 157 Å². The maximum atomic E-state index is 12.3. The molecule has 2 heterocycles. The molecule has 2 aromatic carbocycles. The Kier molecular flexibility index (Phi) is 5.10. The van der Waals surface area contributed by atoms with Crippen LogP contribution in [0.25, 0.3) is 21.7 Å². The summed E-state index contributed by atoms with van der Waals surface area (Å²) in [5.74, 6) is -0.512. The Balaban J connectivity index is 1.44. The number of carbonyl (C=O) groups excluding carboxylic acids is 2. The second-order valence-corrected chi connectivity index (χ2v) is 7.05. The van der Waals surface area contributed by atoms with Gasteiger partial charge in [0.2, 0.25) is 0 Å². The van der Waals surface area contributed by atoms with Gasteiger partial charge in [0.25, 0.3) is 5.91 Å². The van der Waals surface area contributed by atoms with Crippen molar-refractivity contribution in [3.63, 3.8) is 0 Å². The van der Waals surface area contributed by atoms with Crippen molar-refractivity contribution in [2.24, 2.45) is 0 Å². The third-order valence-electron chi connectivity index (χ3n) is 5.19. The molecule has 5 nitrogen and oxygen atoms in total. The van der Waals surface area contributed by atoms with Crippen LogP contribution in [0, 0.1) is 0 Å². The molecule has 5 heteroatoms. The summed E-state index contributed by atoms with van der Waals surface area (Å²) in [5.41, 5.74) is 1.53. The maximum Gasteiger partial charge on any atom is 0.310 e. The van der Waals surface area contributed by atoms with Crippen molar-refractivity contribution < 1.29 is 18.7 Å².